The van der Waals surface area contributed by atoms with Gasteiger partial charge in [0.25, 0.3) is 0 Å². The summed E-state index contributed by atoms with van der Waals surface area (Å²) in [4.78, 5) is 13.9. The summed E-state index contributed by atoms with van der Waals surface area (Å²) in [6, 6.07) is 10.1. The quantitative estimate of drug-likeness (QED) is 0.475. The number of amides is 1. The number of allylic oxidation sites excluding steroid dienone is 1. The zero-order valence-electron chi connectivity index (χ0n) is 20.1. The number of benzene rings is 1. The molecule has 2 aliphatic heterocycles. The predicted molar refractivity (Wildman–Crippen MR) is 127 cm³/mol. The maximum atomic E-state index is 13.9. The Hall–Kier alpha value is -1.95. The second kappa shape index (κ2) is 7.79. The number of aliphatic hydroxyl groups excluding tert-OH is 1. The van der Waals surface area contributed by atoms with Gasteiger partial charge in [-0.05, 0) is 50.5 Å². The van der Waals surface area contributed by atoms with Gasteiger partial charge >= 0.3 is 0 Å². The zero-order valence-corrected chi connectivity index (χ0v) is 20.1. The number of aliphatic hydroxyl groups is 2. The molecule has 3 fully saturated rings. The third-order valence-corrected chi connectivity index (χ3v) is 8.97. The molecule has 0 bridgehead atoms. The number of rotatable bonds is 2. The highest BCUT2D eigenvalue weighted by molar-refractivity contribution is 5.88. The molecule has 0 unspecified atom stereocenters. The lowest BCUT2D eigenvalue weighted by Crippen LogP contribution is -2.59. The number of ether oxygens (including phenoxy) is 1. The van der Waals surface area contributed by atoms with Gasteiger partial charge in [0.2, 0.25) is 5.91 Å². The van der Waals surface area contributed by atoms with Gasteiger partial charge in [-0.15, -0.1) is 0 Å². The molecule has 1 aromatic rings. The van der Waals surface area contributed by atoms with Crippen molar-refractivity contribution in [3.63, 3.8) is 0 Å². The van der Waals surface area contributed by atoms with Crippen molar-refractivity contribution in [2.24, 2.45) is 29.1 Å². The molecule has 0 radical (unpaired) electrons. The molecule has 2 aliphatic carbocycles. The Labute approximate surface area is 196 Å². The predicted octanol–water partition coefficient (Wildman–Crippen LogP) is 3.41. The van der Waals surface area contributed by atoms with Crippen LogP contribution in [-0.4, -0.2) is 45.6 Å². The monoisotopic (exact) mass is 451 g/mol. The maximum absolute atomic E-state index is 13.9. The van der Waals surface area contributed by atoms with Crippen molar-refractivity contribution in [1.29, 1.82) is 0 Å². The minimum absolute atomic E-state index is 0.0902. The number of hydrogen-bond acceptors (Lipinski definition) is 4. The van der Waals surface area contributed by atoms with Crippen LogP contribution in [0.5, 0.6) is 0 Å². The molecule has 0 aromatic heterocycles. The lowest BCUT2D eigenvalue weighted by atomic mass is 9.51. The van der Waals surface area contributed by atoms with Crippen molar-refractivity contribution in [3.05, 3.63) is 60.2 Å². The molecule has 178 valence electrons. The number of carbonyl (C=O) groups excluding carboxylic acids is 1. The van der Waals surface area contributed by atoms with E-state index in [0.29, 0.717) is 12.8 Å². The van der Waals surface area contributed by atoms with Crippen LogP contribution in [0.3, 0.4) is 0 Å². The van der Waals surface area contributed by atoms with Gasteiger partial charge in [0, 0.05) is 17.9 Å². The molecular formula is C28H37NO4. The van der Waals surface area contributed by atoms with Crippen LogP contribution in [-0.2, 0) is 16.0 Å². The highest BCUT2D eigenvalue weighted by Gasteiger charge is 2.77. The second-order valence-electron chi connectivity index (χ2n) is 11.4. The summed E-state index contributed by atoms with van der Waals surface area (Å²) in [7, 11) is 0. The van der Waals surface area contributed by atoms with E-state index in [2.05, 4.69) is 50.4 Å². The van der Waals surface area contributed by atoms with Crippen LogP contribution in [0.4, 0.5) is 0 Å². The SMILES string of the molecule is C[C@H]1C/C=C/[C@H]2[C@@H]3O[C@]3(C)[C@@H](C)[C@@H]3[C@H](Cc4ccccc4)NC(=O)[C@]32[C@H](O)/C=C/[C@](C)(O)C1. The highest BCUT2D eigenvalue weighted by Crippen LogP contribution is 2.66. The Bertz CT molecular complexity index is 971. The Morgan fingerprint density at radius 1 is 1.15 bits per heavy atom. The average molecular weight is 452 g/mol. The van der Waals surface area contributed by atoms with Gasteiger partial charge < -0.3 is 20.3 Å². The number of epoxide rings is 1. The number of hydrogen-bond donors (Lipinski definition) is 3. The maximum Gasteiger partial charge on any atom is 0.230 e. The van der Waals surface area contributed by atoms with E-state index in [4.69, 9.17) is 4.74 Å². The van der Waals surface area contributed by atoms with E-state index in [1.165, 1.54) is 5.56 Å². The summed E-state index contributed by atoms with van der Waals surface area (Å²) in [5, 5.41) is 25.9. The van der Waals surface area contributed by atoms with Gasteiger partial charge in [-0.3, -0.25) is 4.79 Å². The van der Waals surface area contributed by atoms with Gasteiger partial charge in [0.15, 0.2) is 0 Å². The van der Waals surface area contributed by atoms with Crippen molar-refractivity contribution in [1.82, 2.24) is 5.32 Å². The molecule has 1 saturated carbocycles. The van der Waals surface area contributed by atoms with Crippen LogP contribution in [0.25, 0.3) is 0 Å². The largest absolute Gasteiger partial charge is 0.388 e. The van der Waals surface area contributed by atoms with E-state index in [9.17, 15) is 15.0 Å². The molecule has 1 amide bonds. The summed E-state index contributed by atoms with van der Waals surface area (Å²) in [6.07, 6.45) is 8.65. The lowest BCUT2D eigenvalue weighted by molar-refractivity contribution is -0.142. The first-order chi connectivity index (χ1) is 15.6. The molecule has 33 heavy (non-hydrogen) atoms. The molecule has 10 atom stereocenters. The van der Waals surface area contributed by atoms with Crippen LogP contribution in [0.2, 0.25) is 0 Å². The summed E-state index contributed by atoms with van der Waals surface area (Å²) < 4.78 is 6.33. The summed E-state index contributed by atoms with van der Waals surface area (Å²) in [5.41, 5.74) is -1.20. The first-order valence-electron chi connectivity index (χ1n) is 12.4. The van der Waals surface area contributed by atoms with E-state index in [1.54, 1.807) is 19.1 Å². The molecular weight excluding hydrogens is 414 g/mol. The first kappa shape index (κ1) is 22.8. The normalized spacial score (nSPS) is 50.7. The summed E-state index contributed by atoms with van der Waals surface area (Å²) in [5.74, 6) is -0.0603. The Kier molecular flexibility index (Phi) is 5.39. The standard InChI is InChI=1S/C28H37NO4/c1-17-9-8-12-20-24-27(4,33-24)18(2)23-21(15-19-10-6-5-7-11-19)29-25(31)28(20,23)22(30)13-14-26(3,32)16-17/h5-8,10-14,17-18,20-24,30,32H,9,15-16H2,1-4H3,(H,29,31)/b12-8+,14-13+/t17-,18-,20-,21-,22+,23+,24-,26-,27+,28+/m0/s1. The van der Waals surface area contributed by atoms with Gasteiger partial charge in [-0.25, -0.2) is 0 Å². The van der Waals surface area contributed by atoms with Crippen molar-refractivity contribution in [2.75, 3.05) is 0 Å². The molecule has 2 saturated heterocycles. The molecule has 4 aliphatic rings. The number of carbonyl (C=O) groups is 1. The molecule has 3 N–H and O–H groups in total. The van der Waals surface area contributed by atoms with Crippen molar-refractivity contribution in [3.8, 4) is 0 Å². The molecule has 5 rings (SSSR count). The smallest absolute Gasteiger partial charge is 0.230 e. The topological polar surface area (TPSA) is 82.1 Å². The van der Waals surface area contributed by atoms with E-state index >= 15 is 0 Å². The lowest BCUT2D eigenvalue weighted by Gasteiger charge is -2.48. The van der Waals surface area contributed by atoms with Crippen LogP contribution < -0.4 is 5.32 Å². The third-order valence-electron chi connectivity index (χ3n) is 8.97. The van der Waals surface area contributed by atoms with E-state index in [0.717, 1.165) is 6.42 Å². The van der Waals surface area contributed by atoms with Crippen LogP contribution in [0.15, 0.2) is 54.6 Å². The van der Waals surface area contributed by atoms with Crippen LogP contribution >= 0.6 is 0 Å². The molecule has 1 aromatic carbocycles. The van der Waals surface area contributed by atoms with Gasteiger partial charge in [0.05, 0.1) is 28.8 Å². The Morgan fingerprint density at radius 3 is 2.61 bits per heavy atom. The van der Waals surface area contributed by atoms with E-state index < -0.39 is 17.1 Å². The average Bonchev–Trinajstić information content (AvgIpc) is 3.37. The molecule has 5 heteroatoms. The second-order valence-corrected chi connectivity index (χ2v) is 11.4. The van der Waals surface area contributed by atoms with Crippen molar-refractivity contribution in [2.45, 2.75) is 76.4 Å². The minimum Gasteiger partial charge on any atom is -0.388 e. The van der Waals surface area contributed by atoms with Gasteiger partial charge in [-0.1, -0.05) is 68.5 Å². The van der Waals surface area contributed by atoms with Gasteiger partial charge in [-0.2, -0.15) is 0 Å². The Morgan fingerprint density at radius 2 is 1.88 bits per heavy atom. The zero-order chi connectivity index (χ0) is 23.6. The number of fused-ring (bicyclic) bond motifs is 2. The summed E-state index contributed by atoms with van der Waals surface area (Å²) >= 11 is 0. The van der Waals surface area contributed by atoms with Crippen LogP contribution in [0.1, 0.15) is 46.1 Å². The van der Waals surface area contributed by atoms with E-state index in [-0.39, 0.29) is 47.3 Å². The Balaban J connectivity index is 1.63. The number of nitrogens with one attached hydrogen (secondary N) is 1. The molecule has 2 heterocycles. The minimum atomic E-state index is -1.04. The van der Waals surface area contributed by atoms with E-state index in [1.807, 2.05) is 18.2 Å². The first-order valence-corrected chi connectivity index (χ1v) is 12.4. The fourth-order valence-electron chi connectivity index (χ4n) is 7.25. The third kappa shape index (κ3) is 3.51. The molecule has 5 nitrogen and oxygen atoms in total. The van der Waals surface area contributed by atoms with Crippen LogP contribution in [0, 0.1) is 29.1 Å². The van der Waals surface area contributed by atoms with Crippen molar-refractivity contribution >= 4 is 5.91 Å². The fraction of sp³-hybridized carbons (Fsp3) is 0.607. The van der Waals surface area contributed by atoms with Gasteiger partial charge in [0.1, 0.15) is 0 Å². The fourth-order valence-corrected chi connectivity index (χ4v) is 7.25. The van der Waals surface area contributed by atoms with Crippen molar-refractivity contribution < 1.29 is 19.7 Å². The molecule has 1 spiro atoms. The highest BCUT2D eigenvalue weighted by atomic mass is 16.6. The summed E-state index contributed by atoms with van der Waals surface area (Å²) in [6.45, 7) is 8.23.